The molecule has 1 amide bonds. The predicted octanol–water partition coefficient (Wildman–Crippen LogP) is 0.976. The third-order valence-electron chi connectivity index (χ3n) is 3.18. The maximum absolute atomic E-state index is 14.2. The Labute approximate surface area is 118 Å². The SMILES string of the molecule is [2H]C([2H])([2H])Oc1cc(F)c([C@@H]2CNC(=O)[C@H]2C(=O)OC)c(F)c1. The van der Waals surface area contributed by atoms with Gasteiger partial charge in [-0.3, -0.25) is 9.59 Å². The van der Waals surface area contributed by atoms with Crippen molar-refractivity contribution in [3.05, 3.63) is 29.3 Å². The Morgan fingerprint density at radius 3 is 2.65 bits per heavy atom. The maximum atomic E-state index is 14.2. The van der Waals surface area contributed by atoms with E-state index >= 15 is 0 Å². The Morgan fingerprint density at radius 2 is 2.10 bits per heavy atom. The van der Waals surface area contributed by atoms with Crippen molar-refractivity contribution in [3.63, 3.8) is 0 Å². The van der Waals surface area contributed by atoms with Crippen LogP contribution in [0.1, 0.15) is 15.6 Å². The van der Waals surface area contributed by atoms with Crippen molar-refractivity contribution in [3.8, 4) is 5.75 Å². The van der Waals surface area contributed by atoms with Crippen molar-refractivity contribution >= 4 is 11.9 Å². The van der Waals surface area contributed by atoms with Gasteiger partial charge in [0.25, 0.3) is 0 Å². The van der Waals surface area contributed by atoms with Crippen LogP contribution in [0.3, 0.4) is 0 Å². The monoisotopic (exact) mass is 288 g/mol. The molecule has 0 saturated carbocycles. The van der Waals surface area contributed by atoms with Gasteiger partial charge in [-0.2, -0.15) is 0 Å². The summed E-state index contributed by atoms with van der Waals surface area (Å²) in [6.07, 6.45) is 0. The van der Waals surface area contributed by atoms with Gasteiger partial charge in [0.1, 0.15) is 23.3 Å². The van der Waals surface area contributed by atoms with Crippen LogP contribution >= 0.6 is 0 Å². The summed E-state index contributed by atoms with van der Waals surface area (Å²) in [4.78, 5) is 23.3. The molecule has 1 aromatic carbocycles. The molecular weight excluding hydrogens is 272 g/mol. The molecule has 20 heavy (non-hydrogen) atoms. The average Bonchev–Trinajstić information content (AvgIpc) is 2.77. The van der Waals surface area contributed by atoms with Crippen LogP contribution in [0.5, 0.6) is 5.75 Å². The molecule has 7 heteroatoms. The minimum absolute atomic E-state index is 0.147. The second kappa shape index (κ2) is 5.44. The van der Waals surface area contributed by atoms with Crippen molar-refractivity contribution in [2.24, 2.45) is 5.92 Å². The van der Waals surface area contributed by atoms with Gasteiger partial charge in [0.15, 0.2) is 0 Å². The largest absolute Gasteiger partial charge is 0.497 e. The minimum atomic E-state index is -2.86. The molecule has 1 saturated heterocycles. The van der Waals surface area contributed by atoms with Gasteiger partial charge in [-0.1, -0.05) is 0 Å². The lowest BCUT2D eigenvalue weighted by atomic mass is 9.87. The van der Waals surface area contributed by atoms with Gasteiger partial charge < -0.3 is 14.8 Å². The van der Waals surface area contributed by atoms with Crippen LogP contribution in [0.4, 0.5) is 8.78 Å². The van der Waals surface area contributed by atoms with E-state index < -0.39 is 53.7 Å². The van der Waals surface area contributed by atoms with Crippen LogP contribution in [0.2, 0.25) is 0 Å². The van der Waals surface area contributed by atoms with Crippen molar-refractivity contribution in [1.29, 1.82) is 0 Å². The molecule has 108 valence electrons. The number of amides is 1. The topological polar surface area (TPSA) is 64.6 Å². The minimum Gasteiger partial charge on any atom is -0.497 e. The first-order valence-corrected chi connectivity index (χ1v) is 5.67. The fourth-order valence-electron chi connectivity index (χ4n) is 2.26. The van der Waals surface area contributed by atoms with E-state index in [0.29, 0.717) is 12.1 Å². The normalized spacial score (nSPS) is 24.4. The fourth-order valence-corrected chi connectivity index (χ4v) is 2.26. The zero-order valence-corrected chi connectivity index (χ0v) is 10.4. The van der Waals surface area contributed by atoms with Crippen molar-refractivity contribution in [1.82, 2.24) is 5.32 Å². The number of hydrogen-bond acceptors (Lipinski definition) is 4. The molecule has 2 rings (SSSR count). The second-order valence-corrected chi connectivity index (χ2v) is 4.26. The average molecular weight is 288 g/mol. The summed E-state index contributed by atoms with van der Waals surface area (Å²) in [7, 11) is -1.80. The summed E-state index contributed by atoms with van der Waals surface area (Å²) in [5, 5.41) is 2.35. The maximum Gasteiger partial charge on any atom is 0.318 e. The van der Waals surface area contributed by atoms with E-state index in [4.69, 9.17) is 4.11 Å². The molecule has 0 bridgehead atoms. The van der Waals surface area contributed by atoms with Gasteiger partial charge in [0.05, 0.1) is 18.3 Å². The van der Waals surface area contributed by atoms with Gasteiger partial charge in [0.2, 0.25) is 5.91 Å². The van der Waals surface area contributed by atoms with Gasteiger partial charge in [-0.25, -0.2) is 8.78 Å². The van der Waals surface area contributed by atoms with E-state index in [0.717, 1.165) is 7.11 Å². The Balaban J connectivity index is 2.40. The highest BCUT2D eigenvalue weighted by Crippen LogP contribution is 2.35. The number of rotatable bonds is 3. The number of hydrogen-bond donors (Lipinski definition) is 1. The van der Waals surface area contributed by atoms with Crippen LogP contribution in [0, 0.1) is 17.6 Å². The number of ether oxygens (including phenoxy) is 2. The van der Waals surface area contributed by atoms with Gasteiger partial charge in [-0.05, 0) is 0 Å². The van der Waals surface area contributed by atoms with E-state index in [2.05, 4.69) is 14.8 Å². The fraction of sp³-hybridized carbons (Fsp3) is 0.385. The third kappa shape index (κ3) is 2.31. The second-order valence-electron chi connectivity index (χ2n) is 4.26. The lowest BCUT2D eigenvalue weighted by molar-refractivity contribution is -0.149. The quantitative estimate of drug-likeness (QED) is 0.665. The van der Waals surface area contributed by atoms with Crippen LogP contribution < -0.4 is 10.1 Å². The van der Waals surface area contributed by atoms with Crippen LogP contribution in [0.15, 0.2) is 12.1 Å². The van der Waals surface area contributed by atoms with E-state index in [1.54, 1.807) is 0 Å². The zero-order valence-electron chi connectivity index (χ0n) is 13.4. The predicted molar refractivity (Wildman–Crippen MR) is 64.2 cm³/mol. The van der Waals surface area contributed by atoms with Crippen molar-refractivity contribution in [2.45, 2.75) is 5.92 Å². The first-order valence-electron chi connectivity index (χ1n) is 7.17. The number of carbonyl (C=O) groups is 2. The summed E-state index contributed by atoms with van der Waals surface area (Å²) < 4.78 is 58.1. The first kappa shape index (κ1) is 10.6. The number of methoxy groups -OCH3 is 2. The van der Waals surface area contributed by atoms with E-state index in [9.17, 15) is 18.4 Å². The van der Waals surface area contributed by atoms with E-state index in [-0.39, 0.29) is 6.54 Å². The lowest BCUT2D eigenvalue weighted by Crippen LogP contribution is -2.28. The first-order chi connectivity index (χ1) is 10.6. The lowest BCUT2D eigenvalue weighted by Gasteiger charge is -2.17. The summed E-state index contributed by atoms with van der Waals surface area (Å²) >= 11 is 0. The molecule has 1 aliphatic heterocycles. The Hall–Kier alpha value is -2.18. The molecule has 1 aromatic rings. The third-order valence-corrected chi connectivity index (χ3v) is 3.18. The smallest absolute Gasteiger partial charge is 0.318 e. The van der Waals surface area contributed by atoms with Crippen molar-refractivity contribution < 1.29 is 32.0 Å². The van der Waals surface area contributed by atoms with Crippen LogP contribution in [-0.2, 0) is 14.3 Å². The van der Waals surface area contributed by atoms with Crippen LogP contribution in [0.25, 0.3) is 0 Å². The summed E-state index contributed by atoms with van der Waals surface area (Å²) in [5.74, 6) is -6.82. The molecular formula is C13H13F2NO4. The molecule has 0 aliphatic carbocycles. The number of carbonyl (C=O) groups excluding carboxylic acids is 2. The molecule has 1 aliphatic rings. The highest BCUT2D eigenvalue weighted by atomic mass is 19.1. The zero-order chi connectivity index (χ0) is 17.4. The standard InChI is InChI=1S/C13H13F2NO4/c1-19-6-3-8(14)10(9(15)4-6)7-5-16-12(17)11(7)13(18)20-2/h3-4,7,11H,5H2,1-2H3,(H,16,17)/t7-,11-/m0/s1/i1D3. The molecule has 1 N–H and O–H groups in total. The highest BCUT2D eigenvalue weighted by Gasteiger charge is 2.44. The Kier molecular flexibility index (Phi) is 2.88. The summed E-state index contributed by atoms with van der Waals surface area (Å²) in [5.41, 5.74) is -0.503. The number of halogens is 2. The Morgan fingerprint density at radius 1 is 1.45 bits per heavy atom. The molecule has 0 spiro atoms. The molecule has 5 nitrogen and oxygen atoms in total. The Bertz CT molecular complexity index is 628. The van der Waals surface area contributed by atoms with Gasteiger partial charge in [-0.15, -0.1) is 0 Å². The molecule has 1 heterocycles. The van der Waals surface area contributed by atoms with Crippen molar-refractivity contribution in [2.75, 3.05) is 20.7 Å². The molecule has 0 unspecified atom stereocenters. The van der Waals surface area contributed by atoms with E-state index in [1.807, 2.05) is 0 Å². The van der Waals surface area contributed by atoms with Gasteiger partial charge in [0, 0.05) is 30.2 Å². The molecule has 2 atom stereocenters. The van der Waals surface area contributed by atoms with Gasteiger partial charge >= 0.3 is 5.97 Å². The number of benzene rings is 1. The highest BCUT2D eigenvalue weighted by molar-refractivity contribution is 6.00. The number of nitrogens with one attached hydrogen (secondary N) is 1. The molecule has 0 aromatic heterocycles. The molecule has 1 fully saturated rings. The van der Waals surface area contributed by atoms with Crippen LogP contribution in [-0.4, -0.2) is 32.6 Å². The number of esters is 1. The summed E-state index contributed by atoms with van der Waals surface area (Å²) in [6.45, 7) is -0.147. The van der Waals surface area contributed by atoms with E-state index in [1.165, 1.54) is 0 Å². The molecule has 0 radical (unpaired) electrons. The summed E-state index contributed by atoms with van der Waals surface area (Å²) in [6, 6.07) is 1.39.